The Labute approximate surface area is 150 Å². The van der Waals surface area contributed by atoms with Crippen LogP contribution in [0.4, 0.5) is 0 Å². The number of nitrogens with one attached hydrogen (secondary N) is 2. The maximum Gasteiger partial charge on any atom is 0.192 e. The lowest BCUT2D eigenvalue weighted by molar-refractivity contribution is -0.00833. The summed E-state index contributed by atoms with van der Waals surface area (Å²) < 4.78 is 7.40. The highest BCUT2D eigenvalue weighted by molar-refractivity contribution is 5.80. The Hall–Kier alpha value is -1.93. The molecule has 1 aromatic heterocycles. The Balaban J connectivity index is 1.97. The van der Waals surface area contributed by atoms with Crippen molar-refractivity contribution >= 4 is 5.96 Å². The van der Waals surface area contributed by atoms with Crippen LogP contribution in [-0.4, -0.2) is 70.6 Å². The van der Waals surface area contributed by atoms with Gasteiger partial charge in [0.25, 0.3) is 0 Å². The lowest BCUT2D eigenvalue weighted by Gasteiger charge is -2.41. The van der Waals surface area contributed by atoms with E-state index >= 15 is 0 Å². The van der Waals surface area contributed by atoms with Crippen LogP contribution in [0.3, 0.4) is 0 Å². The zero-order valence-electron chi connectivity index (χ0n) is 15.9. The molecule has 0 spiro atoms. The monoisotopic (exact) mass is 349 g/mol. The Kier molecular flexibility index (Phi) is 6.95. The topological polar surface area (TPSA) is 79.6 Å². The molecule has 1 fully saturated rings. The molecule has 1 saturated heterocycles. The second kappa shape index (κ2) is 8.96. The Bertz CT molecular complexity index is 588. The average Bonchev–Trinajstić information content (AvgIpc) is 2.94. The first-order valence-corrected chi connectivity index (χ1v) is 8.75. The van der Waals surface area contributed by atoms with Crippen molar-refractivity contribution in [3.63, 3.8) is 0 Å². The van der Waals surface area contributed by atoms with Gasteiger partial charge in [-0.25, -0.2) is 4.99 Å². The summed E-state index contributed by atoms with van der Waals surface area (Å²) in [7, 11) is 1.95. The predicted octanol–water partition coefficient (Wildman–Crippen LogP) is 0.456. The average molecular weight is 349 g/mol. The van der Waals surface area contributed by atoms with Crippen LogP contribution in [0.25, 0.3) is 0 Å². The van der Waals surface area contributed by atoms with Gasteiger partial charge in [-0.2, -0.15) is 0 Å². The molecule has 0 atom stereocenters. The van der Waals surface area contributed by atoms with Gasteiger partial charge in [-0.3, -0.25) is 4.90 Å². The van der Waals surface area contributed by atoms with E-state index in [2.05, 4.69) is 51.1 Å². The molecule has 140 valence electrons. The molecule has 0 amide bonds. The lowest BCUT2D eigenvalue weighted by Crippen LogP contribution is -2.56. The Morgan fingerprint density at radius 2 is 2.04 bits per heavy atom. The highest BCUT2D eigenvalue weighted by Crippen LogP contribution is 2.15. The molecule has 8 heteroatoms. The van der Waals surface area contributed by atoms with E-state index in [0.717, 1.165) is 50.5 Å². The van der Waals surface area contributed by atoms with Gasteiger partial charge in [0.2, 0.25) is 0 Å². The van der Waals surface area contributed by atoms with Crippen molar-refractivity contribution < 1.29 is 4.74 Å². The van der Waals surface area contributed by atoms with Crippen LogP contribution >= 0.6 is 0 Å². The first-order chi connectivity index (χ1) is 11.9. The summed E-state index contributed by atoms with van der Waals surface area (Å²) in [5.74, 6) is 2.47. The van der Waals surface area contributed by atoms with Crippen molar-refractivity contribution in [2.45, 2.75) is 32.9 Å². The highest BCUT2D eigenvalue weighted by atomic mass is 16.5. The van der Waals surface area contributed by atoms with Crippen molar-refractivity contribution in [1.29, 1.82) is 0 Å². The quantitative estimate of drug-likeness (QED) is 0.423. The van der Waals surface area contributed by atoms with Crippen LogP contribution in [0.5, 0.6) is 0 Å². The molecule has 2 heterocycles. The van der Waals surface area contributed by atoms with Gasteiger partial charge < -0.3 is 19.9 Å². The standard InChI is InChI=1S/C17H31N7O/c1-6-7-18-16(19-12-15-22-21-14(2)23(15)5)20-13-17(3,4)24-8-10-25-11-9-24/h6H,1,7-13H2,2-5H3,(H2,18,19,20). The zero-order valence-corrected chi connectivity index (χ0v) is 15.9. The zero-order chi connectivity index (χ0) is 18.3. The maximum absolute atomic E-state index is 5.45. The van der Waals surface area contributed by atoms with Crippen LogP contribution < -0.4 is 10.6 Å². The van der Waals surface area contributed by atoms with Crippen molar-refractivity contribution in [3.05, 3.63) is 24.3 Å². The molecule has 1 aliphatic heterocycles. The van der Waals surface area contributed by atoms with Crippen molar-refractivity contribution in [2.24, 2.45) is 12.0 Å². The lowest BCUT2D eigenvalue weighted by atomic mass is 10.0. The molecule has 8 nitrogen and oxygen atoms in total. The fourth-order valence-corrected chi connectivity index (χ4v) is 2.66. The van der Waals surface area contributed by atoms with E-state index in [1.54, 1.807) is 0 Å². The Morgan fingerprint density at radius 3 is 2.64 bits per heavy atom. The molecule has 1 aliphatic rings. The van der Waals surface area contributed by atoms with Gasteiger partial charge in [-0.15, -0.1) is 16.8 Å². The van der Waals surface area contributed by atoms with Crippen LogP contribution in [0.15, 0.2) is 17.6 Å². The third-order valence-corrected chi connectivity index (χ3v) is 4.53. The minimum absolute atomic E-state index is 0.0157. The van der Waals surface area contributed by atoms with Crippen molar-refractivity contribution in [1.82, 2.24) is 30.3 Å². The molecule has 0 aliphatic carbocycles. The van der Waals surface area contributed by atoms with Gasteiger partial charge in [0.05, 0.1) is 13.2 Å². The molecule has 1 aromatic rings. The second-order valence-corrected chi connectivity index (χ2v) is 6.82. The molecule has 0 saturated carbocycles. The minimum atomic E-state index is 0.0157. The molecule has 0 bridgehead atoms. The second-order valence-electron chi connectivity index (χ2n) is 6.82. The number of hydrogen-bond donors (Lipinski definition) is 2. The number of nitrogens with zero attached hydrogens (tertiary/aromatic N) is 5. The van der Waals surface area contributed by atoms with Crippen LogP contribution in [0.1, 0.15) is 25.5 Å². The largest absolute Gasteiger partial charge is 0.379 e. The number of guanidine groups is 1. The molecule has 25 heavy (non-hydrogen) atoms. The fourth-order valence-electron chi connectivity index (χ4n) is 2.66. The summed E-state index contributed by atoms with van der Waals surface area (Å²) in [5.41, 5.74) is 0.0157. The number of morpholine rings is 1. The molecule has 0 radical (unpaired) electrons. The summed E-state index contributed by atoms with van der Waals surface area (Å²) in [6.07, 6.45) is 1.82. The normalized spacial score (nSPS) is 16.7. The van der Waals surface area contributed by atoms with E-state index in [1.807, 2.05) is 24.6 Å². The summed E-state index contributed by atoms with van der Waals surface area (Å²) in [4.78, 5) is 7.08. The SMILES string of the molecule is C=CCNC(=NCc1nnc(C)n1C)NCC(C)(C)N1CCOCC1. The summed E-state index contributed by atoms with van der Waals surface area (Å²) in [6.45, 7) is 15.6. The summed E-state index contributed by atoms with van der Waals surface area (Å²) in [5, 5.41) is 14.9. The molecule has 0 aromatic carbocycles. The molecule has 2 N–H and O–H groups in total. The van der Waals surface area contributed by atoms with E-state index in [-0.39, 0.29) is 5.54 Å². The van der Waals surface area contributed by atoms with E-state index in [9.17, 15) is 0 Å². The number of ether oxygens (including phenoxy) is 1. The highest BCUT2D eigenvalue weighted by Gasteiger charge is 2.28. The number of rotatable bonds is 7. The number of aryl methyl sites for hydroxylation is 1. The van der Waals surface area contributed by atoms with E-state index in [4.69, 9.17) is 4.74 Å². The smallest absolute Gasteiger partial charge is 0.192 e. The van der Waals surface area contributed by atoms with Crippen molar-refractivity contribution in [2.75, 3.05) is 39.4 Å². The minimum Gasteiger partial charge on any atom is -0.379 e. The van der Waals surface area contributed by atoms with E-state index in [0.29, 0.717) is 13.1 Å². The molecule has 2 rings (SSSR count). The predicted molar refractivity (Wildman–Crippen MR) is 99.6 cm³/mol. The van der Waals surface area contributed by atoms with Crippen LogP contribution in [-0.2, 0) is 18.3 Å². The van der Waals surface area contributed by atoms with Gasteiger partial charge in [0, 0.05) is 38.8 Å². The molecular weight excluding hydrogens is 318 g/mol. The van der Waals surface area contributed by atoms with E-state index in [1.165, 1.54) is 0 Å². The first-order valence-electron chi connectivity index (χ1n) is 8.75. The van der Waals surface area contributed by atoms with E-state index < -0.39 is 0 Å². The number of aliphatic imine (C=N–C) groups is 1. The van der Waals surface area contributed by atoms with Gasteiger partial charge in [0.1, 0.15) is 12.4 Å². The first kappa shape index (κ1) is 19.4. The third-order valence-electron chi connectivity index (χ3n) is 4.53. The third kappa shape index (κ3) is 5.54. The van der Waals surface area contributed by atoms with Crippen molar-refractivity contribution in [3.8, 4) is 0 Å². The molecular formula is C17H31N7O. The Morgan fingerprint density at radius 1 is 1.32 bits per heavy atom. The van der Waals surface area contributed by atoms with Gasteiger partial charge >= 0.3 is 0 Å². The fraction of sp³-hybridized carbons (Fsp3) is 0.706. The number of aromatic nitrogens is 3. The molecule has 0 unspecified atom stereocenters. The summed E-state index contributed by atoms with van der Waals surface area (Å²) >= 11 is 0. The van der Waals surface area contributed by atoms with Gasteiger partial charge in [0.15, 0.2) is 11.8 Å². The van der Waals surface area contributed by atoms with Gasteiger partial charge in [-0.05, 0) is 20.8 Å². The summed E-state index contributed by atoms with van der Waals surface area (Å²) in [6, 6.07) is 0. The number of hydrogen-bond acceptors (Lipinski definition) is 5. The maximum atomic E-state index is 5.45. The van der Waals surface area contributed by atoms with Crippen LogP contribution in [0, 0.1) is 6.92 Å². The van der Waals surface area contributed by atoms with Crippen LogP contribution in [0.2, 0.25) is 0 Å². The van der Waals surface area contributed by atoms with Gasteiger partial charge in [-0.1, -0.05) is 6.08 Å².